The van der Waals surface area contributed by atoms with Crippen molar-refractivity contribution in [3.63, 3.8) is 0 Å². The molecule has 0 aliphatic carbocycles. The minimum Gasteiger partial charge on any atom is -0.317 e. The first-order valence-electron chi connectivity index (χ1n) is 6.45. The summed E-state index contributed by atoms with van der Waals surface area (Å²) in [6.07, 6.45) is 4.66. The topological polar surface area (TPSA) is 15.3 Å². The maximum atomic E-state index is 3.87. The fraction of sp³-hybridized carbons (Fsp3) is 0.571. The number of hydrogen-bond donors (Lipinski definition) is 1. The Labute approximate surface area is 108 Å². The molecule has 0 saturated carbocycles. The zero-order valence-electron chi connectivity index (χ0n) is 10.4. The number of thiophene rings is 1. The normalized spacial score (nSPS) is 17.5. The average molecular weight is 250 g/mol. The van der Waals surface area contributed by atoms with Gasteiger partial charge in [-0.15, -0.1) is 17.9 Å². The first-order valence-corrected chi connectivity index (χ1v) is 7.33. The van der Waals surface area contributed by atoms with Crippen LogP contribution >= 0.6 is 11.3 Å². The fourth-order valence-corrected chi connectivity index (χ4v) is 3.18. The van der Waals surface area contributed by atoms with E-state index < -0.39 is 0 Å². The van der Waals surface area contributed by atoms with Gasteiger partial charge >= 0.3 is 0 Å². The van der Waals surface area contributed by atoms with Crippen molar-refractivity contribution in [1.29, 1.82) is 0 Å². The molecule has 0 amide bonds. The highest BCUT2D eigenvalue weighted by molar-refractivity contribution is 7.09. The van der Waals surface area contributed by atoms with Crippen molar-refractivity contribution in [2.24, 2.45) is 5.92 Å². The molecule has 2 heterocycles. The molecule has 1 saturated heterocycles. The van der Waals surface area contributed by atoms with Gasteiger partial charge in [0.2, 0.25) is 0 Å². The predicted molar refractivity (Wildman–Crippen MR) is 75.4 cm³/mol. The Bertz CT molecular complexity index is 315. The van der Waals surface area contributed by atoms with E-state index >= 15 is 0 Å². The molecule has 3 heteroatoms. The molecule has 1 N–H and O–H groups in total. The van der Waals surface area contributed by atoms with Gasteiger partial charge in [-0.05, 0) is 43.3 Å². The summed E-state index contributed by atoms with van der Waals surface area (Å²) in [7, 11) is 0. The molecule has 1 fully saturated rings. The standard InChI is InChI=1S/C14H22N2S/c1-2-9-16(12-14-4-3-10-17-14)11-13-5-7-15-8-6-13/h2-4,10,13,15H,1,5-9,11-12H2. The summed E-state index contributed by atoms with van der Waals surface area (Å²) >= 11 is 1.85. The fourth-order valence-electron chi connectivity index (χ4n) is 2.44. The van der Waals surface area contributed by atoms with Gasteiger partial charge in [-0.1, -0.05) is 12.1 Å². The van der Waals surface area contributed by atoms with Crippen molar-refractivity contribution in [3.05, 3.63) is 35.0 Å². The Morgan fingerprint density at radius 1 is 1.47 bits per heavy atom. The second-order valence-corrected chi connectivity index (χ2v) is 5.79. The van der Waals surface area contributed by atoms with Crippen LogP contribution in [-0.2, 0) is 6.54 Å². The Morgan fingerprint density at radius 2 is 2.29 bits per heavy atom. The van der Waals surface area contributed by atoms with Crippen LogP contribution in [-0.4, -0.2) is 31.1 Å². The summed E-state index contributed by atoms with van der Waals surface area (Å²) in [5.41, 5.74) is 0. The number of nitrogens with one attached hydrogen (secondary N) is 1. The lowest BCUT2D eigenvalue weighted by Gasteiger charge is -2.29. The maximum Gasteiger partial charge on any atom is 0.0331 e. The molecule has 0 radical (unpaired) electrons. The summed E-state index contributed by atoms with van der Waals surface area (Å²) in [5.74, 6) is 0.858. The molecule has 1 aromatic rings. The van der Waals surface area contributed by atoms with Crippen LogP contribution in [0.5, 0.6) is 0 Å². The van der Waals surface area contributed by atoms with Crippen LogP contribution in [0.2, 0.25) is 0 Å². The van der Waals surface area contributed by atoms with Gasteiger partial charge in [0.05, 0.1) is 0 Å². The summed E-state index contributed by atoms with van der Waals surface area (Å²) in [6.45, 7) is 9.54. The van der Waals surface area contributed by atoms with Gasteiger partial charge in [0, 0.05) is 24.5 Å². The van der Waals surface area contributed by atoms with E-state index in [9.17, 15) is 0 Å². The van der Waals surface area contributed by atoms with Gasteiger partial charge in [0.1, 0.15) is 0 Å². The smallest absolute Gasteiger partial charge is 0.0331 e. The lowest BCUT2D eigenvalue weighted by Crippen LogP contribution is -2.35. The van der Waals surface area contributed by atoms with Gasteiger partial charge in [0.15, 0.2) is 0 Å². The molecular formula is C14H22N2S. The van der Waals surface area contributed by atoms with Gasteiger partial charge in [-0.3, -0.25) is 4.90 Å². The number of piperidine rings is 1. The molecular weight excluding hydrogens is 228 g/mol. The minimum absolute atomic E-state index is 0.858. The molecule has 0 bridgehead atoms. The minimum atomic E-state index is 0.858. The molecule has 0 spiro atoms. The SMILES string of the molecule is C=CCN(Cc1cccs1)CC1CCNCC1. The molecule has 0 unspecified atom stereocenters. The van der Waals surface area contributed by atoms with E-state index in [1.165, 1.54) is 37.4 Å². The van der Waals surface area contributed by atoms with E-state index in [2.05, 4.69) is 34.3 Å². The van der Waals surface area contributed by atoms with E-state index in [-0.39, 0.29) is 0 Å². The van der Waals surface area contributed by atoms with Gasteiger partial charge in [-0.25, -0.2) is 0 Å². The summed E-state index contributed by atoms with van der Waals surface area (Å²) in [4.78, 5) is 3.98. The predicted octanol–water partition coefficient (Wildman–Crippen LogP) is 2.74. The molecule has 0 atom stereocenters. The first kappa shape index (κ1) is 12.8. The van der Waals surface area contributed by atoms with Crippen LogP contribution in [0.15, 0.2) is 30.2 Å². The highest BCUT2D eigenvalue weighted by atomic mass is 32.1. The second kappa shape index (κ2) is 6.94. The zero-order valence-corrected chi connectivity index (χ0v) is 11.2. The van der Waals surface area contributed by atoms with Crippen LogP contribution in [0.25, 0.3) is 0 Å². The molecule has 2 rings (SSSR count). The third kappa shape index (κ3) is 4.26. The van der Waals surface area contributed by atoms with E-state index in [4.69, 9.17) is 0 Å². The molecule has 17 heavy (non-hydrogen) atoms. The van der Waals surface area contributed by atoms with Crippen molar-refractivity contribution in [2.45, 2.75) is 19.4 Å². The Balaban J connectivity index is 1.85. The van der Waals surface area contributed by atoms with E-state index in [1.807, 2.05) is 17.4 Å². The molecule has 1 aliphatic rings. The molecule has 1 aliphatic heterocycles. The highest BCUT2D eigenvalue weighted by Crippen LogP contribution is 2.17. The van der Waals surface area contributed by atoms with Crippen molar-refractivity contribution >= 4 is 11.3 Å². The zero-order chi connectivity index (χ0) is 11.9. The lowest BCUT2D eigenvalue weighted by molar-refractivity contribution is 0.217. The van der Waals surface area contributed by atoms with Crippen LogP contribution in [0.3, 0.4) is 0 Å². The molecule has 94 valence electrons. The third-order valence-electron chi connectivity index (χ3n) is 3.32. The van der Waals surface area contributed by atoms with Crippen LogP contribution in [0, 0.1) is 5.92 Å². The van der Waals surface area contributed by atoms with Crippen molar-refractivity contribution < 1.29 is 0 Å². The lowest BCUT2D eigenvalue weighted by atomic mass is 9.97. The highest BCUT2D eigenvalue weighted by Gasteiger charge is 2.16. The summed E-state index contributed by atoms with van der Waals surface area (Å²) < 4.78 is 0. The molecule has 2 nitrogen and oxygen atoms in total. The number of rotatable bonds is 6. The van der Waals surface area contributed by atoms with Crippen molar-refractivity contribution in [1.82, 2.24) is 10.2 Å². The average Bonchev–Trinajstić information content (AvgIpc) is 2.83. The van der Waals surface area contributed by atoms with Crippen molar-refractivity contribution in [3.8, 4) is 0 Å². The van der Waals surface area contributed by atoms with E-state index in [0.29, 0.717) is 0 Å². The van der Waals surface area contributed by atoms with E-state index in [0.717, 1.165) is 19.0 Å². The first-order chi connectivity index (χ1) is 8.38. The van der Waals surface area contributed by atoms with E-state index in [1.54, 1.807) is 0 Å². The number of nitrogens with zero attached hydrogens (tertiary/aromatic N) is 1. The summed E-state index contributed by atoms with van der Waals surface area (Å²) in [5, 5.41) is 5.59. The Hall–Kier alpha value is -0.640. The second-order valence-electron chi connectivity index (χ2n) is 4.76. The largest absolute Gasteiger partial charge is 0.317 e. The third-order valence-corrected chi connectivity index (χ3v) is 4.18. The van der Waals surface area contributed by atoms with Gasteiger partial charge < -0.3 is 5.32 Å². The quantitative estimate of drug-likeness (QED) is 0.781. The number of hydrogen-bond acceptors (Lipinski definition) is 3. The van der Waals surface area contributed by atoms with Crippen LogP contribution in [0.1, 0.15) is 17.7 Å². The monoisotopic (exact) mass is 250 g/mol. The summed E-state index contributed by atoms with van der Waals surface area (Å²) in [6, 6.07) is 4.36. The molecule has 1 aromatic heterocycles. The Kier molecular flexibility index (Phi) is 5.23. The Morgan fingerprint density at radius 3 is 2.94 bits per heavy atom. The van der Waals surface area contributed by atoms with Crippen molar-refractivity contribution in [2.75, 3.05) is 26.2 Å². The van der Waals surface area contributed by atoms with Gasteiger partial charge in [0.25, 0.3) is 0 Å². The van der Waals surface area contributed by atoms with Crippen LogP contribution < -0.4 is 5.32 Å². The molecule has 0 aromatic carbocycles. The van der Waals surface area contributed by atoms with Crippen LogP contribution in [0.4, 0.5) is 0 Å². The maximum absolute atomic E-state index is 3.87. The van der Waals surface area contributed by atoms with Gasteiger partial charge in [-0.2, -0.15) is 0 Å².